The number of hydrogen-bond acceptors (Lipinski definition) is 2. The van der Waals surface area contributed by atoms with Crippen LogP contribution in [0.15, 0.2) is 0 Å². The van der Waals surface area contributed by atoms with Gasteiger partial charge in [0.2, 0.25) is 0 Å². The van der Waals surface area contributed by atoms with Crippen LogP contribution < -0.4 is 0 Å². The summed E-state index contributed by atoms with van der Waals surface area (Å²) in [6, 6.07) is 5.24. The fourth-order valence-electron chi connectivity index (χ4n) is 34.1. The van der Waals surface area contributed by atoms with Gasteiger partial charge in [0, 0.05) is 36.3 Å². The highest BCUT2D eigenvalue weighted by Gasteiger charge is 2.70. The summed E-state index contributed by atoms with van der Waals surface area (Å²) in [6.07, 6.45) is 79.3. The van der Waals surface area contributed by atoms with E-state index in [-0.39, 0.29) is 0 Å². The molecule has 0 amide bonds. The first kappa shape index (κ1) is 70.0. The van der Waals surface area contributed by atoms with E-state index in [0.29, 0.717) is 16.2 Å². The maximum absolute atomic E-state index is 4.02. The lowest BCUT2D eigenvalue weighted by Gasteiger charge is -2.72. The van der Waals surface area contributed by atoms with E-state index in [1.165, 1.54) is 44.9 Å². The first-order valence-corrected chi connectivity index (χ1v) is 46.6. The van der Waals surface area contributed by atoms with Crippen molar-refractivity contribution >= 4 is 6.71 Å². The van der Waals surface area contributed by atoms with Crippen molar-refractivity contribution in [2.45, 2.75) is 437 Å². The van der Waals surface area contributed by atoms with Crippen molar-refractivity contribution in [1.82, 2.24) is 9.80 Å². The number of fused-ring (bicyclic) bond motifs is 4. The molecule has 17 rings (SSSR count). The minimum Gasteiger partial charge on any atom is -0.295 e. The van der Waals surface area contributed by atoms with E-state index >= 15 is 0 Å². The van der Waals surface area contributed by atoms with E-state index in [1.54, 1.807) is 276 Å². The minimum absolute atomic E-state index is 0.439. The van der Waals surface area contributed by atoms with Gasteiger partial charge in [-0.15, -0.1) is 0 Å². The molecule has 17 aliphatic rings. The van der Waals surface area contributed by atoms with Gasteiger partial charge in [-0.2, -0.15) is 0 Å². The molecule has 0 aromatic heterocycles. The Bertz CT molecular complexity index is 2480. The molecule has 3 heteroatoms. The molecule has 0 aromatic carbocycles. The standard InChI is InChI=1S/C94H159BN2/c1-92(2,3)72-47-43-61(44-48-72)70-57-85-89-86(58-70)97(91-77(64-33-21-13-22-34-64)39-26-40-78(91)65-35-23-14-24-36-65)84-56-67(79-54-71-53-73(93(4,5)6)51-68-41-42-69-52-74(94(7,8)9)59-80(79)88(69)87(68)71)45-49-81(84)95(89)82-55-66(60-27-15-10-16-28-60)46-50-83(82)96(85)90-75(62-29-17-11-18-30-62)37-25-38-76(90)63-31-19-12-20-32-63/h60-91H,10-59H2,1-9H3. The topological polar surface area (TPSA) is 6.48 Å². The minimum atomic E-state index is 0.439. The number of hydrogen-bond donors (Lipinski definition) is 0. The van der Waals surface area contributed by atoms with Crippen molar-refractivity contribution < 1.29 is 0 Å². The first-order valence-electron chi connectivity index (χ1n) is 46.6. The zero-order valence-electron chi connectivity index (χ0n) is 65.8. The summed E-state index contributed by atoms with van der Waals surface area (Å²) in [5.41, 5.74) is 1.35. The zero-order valence-corrected chi connectivity index (χ0v) is 65.8. The molecule has 548 valence electrons. The second kappa shape index (κ2) is 28.9. The SMILES string of the molecule is CC(C)(C)C1CCC(C2CC3C4B(C5CC(C6CCCCC6)CCC5N3C3C(C5CCCCC5)CCCC3C3CCCCC3)C3CCC(C5CC6CC(C(C)(C)C)CC7CCC8CC(C(C)(C)C)CC5C8C76)CC3N(C3C(C5CCCCC5)CCCC3C3CCCCC3)C4C2)CC1. The van der Waals surface area contributed by atoms with Crippen molar-refractivity contribution in [3.8, 4) is 0 Å². The molecule has 2 aliphatic heterocycles. The molecule has 15 aliphatic carbocycles. The molecule has 2 heterocycles. The van der Waals surface area contributed by atoms with Crippen LogP contribution in [0.1, 0.15) is 383 Å². The molecule has 2 saturated heterocycles. The van der Waals surface area contributed by atoms with Crippen LogP contribution in [0.5, 0.6) is 0 Å². The summed E-state index contributed by atoms with van der Waals surface area (Å²) in [4.78, 5) is 7.95. The molecule has 23 unspecified atom stereocenters. The number of nitrogens with zero attached hydrogens (tertiary/aromatic N) is 2. The molecular weight excluding hydrogens is 1170 g/mol. The maximum atomic E-state index is 4.02. The Labute approximate surface area is 602 Å². The highest BCUT2D eigenvalue weighted by Crippen LogP contribution is 2.71. The molecule has 17 fully saturated rings. The smallest absolute Gasteiger partial charge is 0.156 e. The second-order valence-electron chi connectivity index (χ2n) is 45.1. The van der Waals surface area contributed by atoms with Crippen LogP contribution in [0, 0.1) is 152 Å². The van der Waals surface area contributed by atoms with Gasteiger partial charge in [0.1, 0.15) is 0 Å². The van der Waals surface area contributed by atoms with E-state index in [2.05, 4.69) is 72.1 Å². The van der Waals surface area contributed by atoms with E-state index in [0.717, 1.165) is 197 Å². The van der Waals surface area contributed by atoms with Crippen LogP contribution in [0.2, 0.25) is 17.5 Å². The Morgan fingerprint density at radius 1 is 0.216 bits per heavy atom. The first-order chi connectivity index (χ1) is 47.0. The van der Waals surface area contributed by atoms with Gasteiger partial charge in [-0.1, -0.05) is 255 Å². The van der Waals surface area contributed by atoms with Gasteiger partial charge in [-0.25, -0.2) is 0 Å². The average Bonchev–Trinajstić information content (AvgIpc) is 0.690. The average molecular weight is 1330 g/mol. The largest absolute Gasteiger partial charge is 0.295 e. The summed E-state index contributed by atoms with van der Waals surface area (Å²) in [7, 11) is 0. The van der Waals surface area contributed by atoms with Gasteiger partial charge >= 0.3 is 0 Å². The Morgan fingerprint density at radius 2 is 0.608 bits per heavy atom. The van der Waals surface area contributed by atoms with Crippen molar-refractivity contribution in [2.75, 3.05) is 0 Å². The molecule has 0 N–H and O–H groups in total. The van der Waals surface area contributed by atoms with Gasteiger partial charge in [0.25, 0.3) is 0 Å². The van der Waals surface area contributed by atoms with Crippen LogP contribution in [0.3, 0.4) is 0 Å². The lowest BCUT2D eigenvalue weighted by molar-refractivity contribution is -0.158. The molecule has 0 aromatic rings. The van der Waals surface area contributed by atoms with Crippen LogP contribution in [0.25, 0.3) is 0 Å². The van der Waals surface area contributed by atoms with Crippen molar-refractivity contribution in [2.24, 2.45) is 152 Å². The molecule has 2 nitrogen and oxygen atoms in total. The highest BCUT2D eigenvalue weighted by molar-refractivity contribution is 6.65. The predicted octanol–water partition coefficient (Wildman–Crippen LogP) is 26.5. The van der Waals surface area contributed by atoms with Crippen molar-refractivity contribution in [3.05, 3.63) is 0 Å². The maximum Gasteiger partial charge on any atom is 0.156 e. The highest BCUT2D eigenvalue weighted by atomic mass is 15.3. The van der Waals surface area contributed by atoms with Gasteiger partial charge in [0.15, 0.2) is 6.71 Å². The van der Waals surface area contributed by atoms with E-state index < -0.39 is 0 Å². The molecule has 0 spiro atoms. The Balaban J connectivity index is 0.839. The Morgan fingerprint density at radius 3 is 1.09 bits per heavy atom. The summed E-state index contributed by atoms with van der Waals surface area (Å²) < 4.78 is 0. The monoisotopic (exact) mass is 1330 g/mol. The molecular formula is C94H159BN2. The Hall–Kier alpha value is -0.0151. The van der Waals surface area contributed by atoms with Crippen molar-refractivity contribution in [3.63, 3.8) is 0 Å². The van der Waals surface area contributed by atoms with E-state index in [9.17, 15) is 0 Å². The molecule has 23 atom stereocenters. The third-order valence-corrected chi connectivity index (χ3v) is 38.3. The van der Waals surface area contributed by atoms with Gasteiger partial charge in [-0.3, -0.25) is 9.80 Å². The van der Waals surface area contributed by atoms with E-state index in [4.69, 9.17) is 0 Å². The van der Waals surface area contributed by atoms with Gasteiger partial charge < -0.3 is 0 Å². The fourth-order valence-corrected chi connectivity index (χ4v) is 34.1. The molecule has 15 saturated carbocycles. The summed E-state index contributed by atoms with van der Waals surface area (Å²) >= 11 is 0. The van der Waals surface area contributed by atoms with Crippen molar-refractivity contribution in [1.29, 1.82) is 0 Å². The van der Waals surface area contributed by atoms with Gasteiger partial charge in [-0.05, 0) is 298 Å². The molecule has 0 bridgehead atoms. The van der Waals surface area contributed by atoms with E-state index in [1.807, 2.05) is 0 Å². The quantitative estimate of drug-likeness (QED) is 0.212. The third-order valence-electron chi connectivity index (χ3n) is 38.3. The Kier molecular flexibility index (Phi) is 20.9. The summed E-state index contributed by atoms with van der Waals surface area (Å²) in [5, 5.41) is 0. The van der Waals surface area contributed by atoms with Crippen LogP contribution >= 0.6 is 0 Å². The predicted molar refractivity (Wildman–Crippen MR) is 413 cm³/mol. The van der Waals surface area contributed by atoms with Crippen LogP contribution in [0.4, 0.5) is 0 Å². The lowest BCUT2D eigenvalue weighted by Crippen LogP contribution is -2.77. The fraction of sp³-hybridized carbons (Fsp3) is 1.00. The summed E-state index contributed by atoms with van der Waals surface area (Å²) in [5.74, 6) is 25.8. The lowest BCUT2D eigenvalue weighted by atomic mass is 9.17. The molecule has 0 radical (unpaired) electrons. The third kappa shape index (κ3) is 13.5. The summed E-state index contributed by atoms with van der Waals surface area (Å²) in [6.45, 7) is 25.2. The second-order valence-corrected chi connectivity index (χ2v) is 45.1. The zero-order chi connectivity index (χ0) is 66.1. The molecule has 97 heavy (non-hydrogen) atoms. The van der Waals surface area contributed by atoms with Crippen LogP contribution in [-0.2, 0) is 0 Å². The van der Waals surface area contributed by atoms with Crippen LogP contribution in [-0.4, -0.2) is 52.8 Å². The number of rotatable bonds is 9. The van der Waals surface area contributed by atoms with Gasteiger partial charge in [0.05, 0.1) is 0 Å². The normalized spacial score (nSPS) is 48.5.